The summed E-state index contributed by atoms with van der Waals surface area (Å²) in [5, 5.41) is 8.51. The quantitative estimate of drug-likeness (QED) is 0.340. The Bertz CT molecular complexity index is 1390. The molecule has 4 aromatic rings. The van der Waals surface area contributed by atoms with Crippen molar-refractivity contribution in [1.29, 1.82) is 0 Å². The fourth-order valence-electron chi connectivity index (χ4n) is 4.35. The number of aromatic nitrogens is 3. The van der Waals surface area contributed by atoms with E-state index in [1.54, 1.807) is 16.8 Å². The number of anilines is 1. The zero-order valence-electron chi connectivity index (χ0n) is 16.5. The molecule has 32 heavy (non-hydrogen) atoms. The number of ether oxygens (including phenoxy) is 1. The minimum absolute atomic E-state index is 0.295. The first-order chi connectivity index (χ1) is 15.6. The molecule has 0 spiro atoms. The third-order valence-electron chi connectivity index (χ3n) is 5.71. The normalized spacial score (nSPS) is 18.8. The van der Waals surface area contributed by atoms with Gasteiger partial charge in [-0.15, -0.1) is 0 Å². The molecule has 0 bridgehead atoms. The van der Waals surface area contributed by atoms with Gasteiger partial charge in [-0.25, -0.2) is 9.07 Å². The van der Waals surface area contributed by atoms with Gasteiger partial charge in [0.15, 0.2) is 0 Å². The summed E-state index contributed by atoms with van der Waals surface area (Å²) < 4.78 is 23.1. The predicted molar refractivity (Wildman–Crippen MR) is 124 cm³/mol. The van der Waals surface area contributed by atoms with Gasteiger partial charge < -0.3 is 10.1 Å². The van der Waals surface area contributed by atoms with E-state index in [0.29, 0.717) is 11.0 Å². The summed E-state index contributed by atoms with van der Waals surface area (Å²) in [4.78, 5) is 4.40. The molecule has 0 aliphatic carbocycles. The van der Waals surface area contributed by atoms with Crippen molar-refractivity contribution >= 4 is 39.2 Å². The molecule has 1 N–H and O–H groups in total. The summed E-state index contributed by atoms with van der Waals surface area (Å²) >= 11 is 9.92. The van der Waals surface area contributed by atoms with Crippen molar-refractivity contribution in [3.63, 3.8) is 0 Å². The SMILES string of the molecule is Fc1ccc([C@H]2C3=C(Nc4ncnn42)c2cc(Cl)ccc2O[C@@H]3c2cccc(Br)c2)cc1. The summed E-state index contributed by atoms with van der Waals surface area (Å²) in [5.74, 6) is 1.02. The number of hydrogen-bond donors (Lipinski definition) is 1. The lowest BCUT2D eigenvalue weighted by molar-refractivity contribution is 0.223. The van der Waals surface area contributed by atoms with Gasteiger partial charge in [-0.3, -0.25) is 0 Å². The van der Waals surface area contributed by atoms with E-state index < -0.39 is 6.10 Å². The van der Waals surface area contributed by atoms with Crippen LogP contribution in [-0.2, 0) is 0 Å². The number of nitrogens with zero attached hydrogens (tertiary/aromatic N) is 3. The van der Waals surface area contributed by atoms with Crippen LogP contribution in [0.5, 0.6) is 5.75 Å². The molecule has 2 aliphatic heterocycles. The molecule has 0 radical (unpaired) electrons. The van der Waals surface area contributed by atoms with Crippen LogP contribution < -0.4 is 10.1 Å². The van der Waals surface area contributed by atoms with Crippen LogP contribution in [0.2, 0.25) is 5.02 Å². The third kappa shape index (κ3) is 3.12. The zero-order chi connectivity index (χ0) is 21.8. The van der Waals surface area contributed by atoms with E-state index in [4.69, 9.17) is 16.3 Å². The number of nitrogens with one attached hydrogen (secondary N) is 1. The molecule has 0 saturated carbocycles. The van der Waals surface area contributed by atoms with Gasteiger partial charge in [0, 0.05) is 20.6 Å². The first-order valence-corrected chi connectivity index (χ1v) is 11.1. The highest BCUT2D eigenvalue weighted by Gasteiger charge is 2.41. The van der Waals surface area contributed by atoms with E-state index in [2.05, 4.69) is 31.3 Å². The molecule has 1 aromatic heterocycles. The smallest absolute Gasteiger partial charge is 0.226 e. The van der Waals surface area contributed by atoms with Crippen LogP contribution in [0.4, 0.5) is 10.3 Å². The van der Waals surface area contributed by atoms with Crippen LogP contribution in [0.15, 0.2) is 83.1 Å². The van der Waals surface area contributed by atoms with E-state index in [1.165, 1.54) is 18.5 Å². The predicted octanol–water partition coefficient (Wildman–Crippen LogP) is 6.39. The van der Waals surface area contributed by atoms with Crippen molar-refractivity contribution in [2.75, 3.05) is 5.32 Å². The Morgan fingerprint density at radius 3 is 2.69 bits per heavy atom. The van der Waals surface area contributed by atoms with E-state index in [1.807, 2.05) is 42.5 Å². The van der Waals surface area contributed by atoms with E-state index in [-0.39, 0.29) is 11.9 Å². The molecule has 2 atom stereocenters. The van der Waals surface area contributed by atoms with Gasteiger partial charge in [0.05, 0.1) is 5.70 Å². The second-order valence-electron chi connectivity index (χ2n) is 7.63. The Kier molecular flexibility index (Phi) is 4.55. The molecular weight excluding hydrogens is 495 g/mol. The molecule has 0 fully saturated rings. The fraction of sp³-hybridized carbons (Fsp3) is 0.0833. The summed E-state index contributed by atoms with van der Waals surface area (Å²) in [6.45, 7) is 0. The van der Waals surface area contributed by atoms with Gasteiger partial charge in [-0.2, -0.15) is 10.1 Å². The second-order valence-corrected chi connectivity index (χ2v) is 8.98. The fourth-order valence-corrected chi connectivity index (χ4v) is 4.94. The summed E-state index contributed by atoms with van der Waals surface area (Å²) in [5.41, 5.74) is 4.52. The molecule has 158 valence electrons. The summed E-state index contributed by atoms with van der Waals surface area (Å²) in [6, 6.07) is 19.7. The lowest BCUT2D eigenvalue weighted by Gasteiger charge is -2.39. The minimum atomic E-state index is -0.406. The van der Waals surface area contributed by atoms with Crippen LogP contribution in [0.3, 0.4) is 0 Å². The number of halogens is 3. The second kappa shape index (κ2) is 7.46. The van der Waals surface area contributed by atoms with Gasteiger partial charge in [0.1, 0.15) is 30.0 Å². The number of benzene rings is 3. The Hall–Kier alpha value is -3.16. The largest absolute Gasteiger partial charge is 0.480 e. The Morgan fingerprint density at radius 2 is 1.88 bits per heavy atom. The molecule has 0 unspecified atom stereocenters. The van der Waals surface area contributed by atoms with Crippen molar-refractivity contribution in [2.45, 2.75) is 12.1 Å². The maximum Gasteiger partial charge on any atom is 0.226 e. The number of fused-ring (bicyclic) bond motifs is 3. The average Bonchev–Trinajstić information content (AvgIpc) is 3.26. The molecule has 0 saturated heterocycles. The van der Waals surface area contributed by atoms with Crippen molar-refractivity contribution in [1.82, 2.24) is 14.8 Å². The molecule has 8 heteroatoms. The average molecular weight is 510 g/mol. The molecule has 2 aliphatic rings. The van der Waals surface area contributed by atoms with Crippen molar-refractivity contribution < 1.29 is 9.13 Å². The highest BCUT2D eigenvalue weighted by molar-refractivity contribution is 9.10. The Labute approximate surface area is 196 Å². The van der Waals surface area contributed by atoms with E-state index in [0.717, 1.165) is 38.2 Å². The lowest BCUT2D eigenvalue weighted by atomic mass is 9.84. The molecule has 0 amide bonds. The van der Waals surface area contributed by atoms with Crippen LogP contribution in [0.25, 0.3) is 5.70 Å². The van der Waals surface area contributed by atoms with E-state index >= 15 is 0 Å². The van der Waals surface area contributed by atoms with Crippen LogP contribution in [0.1, 0.15) is 28.8 Å². The van der Waals surface area contributed by atoms with Gasteiger partial charge in [-0.1, -0.05) is 51.8 Å². The molecule has 3 aromatic carbocycles. The summed E-state index contributed by atoms with van der Waals surface area (Å²) in [6.07, 6.45) is 1.10. The highest BCUT2D eigenvalue weighted by atomic mass is 79.9. The highest BCUT2D eigenvalue weighted by Crippen LogP contribution is 2.51. The first-order valence-electron chi connectivity index (χ1n) is 9.96. The van der Waals surface area contributed by atoms with Crippen molar-refractivity contribution in [3.05, 3.63) is 111 Å². The van der Waals surface area contributed by atoms with E-state index in [9.17, 15) is 4.39 Å². The van der Waals surface area contributed by atoms with Crippen molar-refractivity contribution in [3.8, 4) is 5.75 Å². The molecule has 6 rings (SSSR count). The van der Waals surface area contributed by atoms with Gasteiger partial charge >= 0.3 is 0 Å². The maximum atomic E-state index is 13.7. The Balaban J connectivity index is 1.64. The lowest BCUT2D eigenvalue weighted by Crippen LogP contribution is -2.32. The minimum Gasteiger partial charge on any atom is -0.480 e. The maximum absolute atomic E-state index is 13.7. The van der Waals surface area contributed by atoms with Crippen LogP contribution in [0, 0.1) is 5.82 Å². The number of rotatable bonds is 2. The van der Waals surface area contributed by atoms with Gasteiger partial charge in [0.25, 0.3) is 0 Å². The van der Waals surface area contributed by atoms with Crippen LogP contribution >= 0.6 is 27.5 Å². The Morgan fingerprint density at radius 1 is 1.03 bits per heavy atom. The monoisotopic (exact) mass is 508 g/mol. The van der Waals surface area contributed by atoms with Gasteiger partial charge in [0.2, 0.25) is 5.95 Å². The standard InChI is InChI=1S/C24H15BrClFN4O/c25-15-3-1-2-14(10-15)23-20-21(18-11-16(26)6-9-19(18)32-23)30-24-28-12-29-31(24)22(20)13-4-7-17(27)8-5-13/h1-12,22-23H,(H,28,29,30)/t22-,23+/m0/s1. The van der Waals surface area contributed by atoms with Gasteiger partial charge in [-0.05, 0) is 53.6 Å². The van der Waals surface area contributed by atoms with Crippen molar-refractivity contribution in [2.24, 2.45) is 0 Å². The molecule has 3 heterocycles. The topological polar surface area (TPSA) is 52.0 Å². The summed E-state index contributed by atoms with van der Waals surface area (Å²) in [7, 11) is 0. The first kappa shape index (κ1) is 19.5. The third-order valence-corrected chi connectivity index (χ3v) is 6.44. The van der Waals surface area contributed by atoms with Crippen LogP contribution in [-0.4, -0.2) is 14.8 Å². The molecular formula is C24H15BrClFN4O. The number of hydrogen-bond acceptors (Lipinski definition) is 4. The molecule has 5 nitrogen and oxygen atoms in total. The zero-order valence-corrected chi connectivity index (χ0v) is 18.8.